The maximum atomic E-state index is 13.2. The third-order valence-corrected chi connectivity index (χ3v) is 4.36. The van der Waals surface area contributed by atoms with Gasteiger partial charge in [-0.25, -0.2) is 0 Å². The number of benzene rings is 1. The smallest absolute Gasteiger partial charge is 0.372 e. The molecule has 3 rings (SSSR count). The van der Waals surface area contributed by atoms with E-state index < -0.39 is 17.8 Å². The van der Waals surface area contributed by atoms with E-state index in [0.717, 1.165) is 18.9 Å². The minimum absolute atomic E-state index is 0.135. The summed E-state index contributed by atoms with van der Waals surface area (Å²) in [5.41, 5.74) is 5.50. The highest BCUT2D eigenvalue weighted by Gasteiger charge is 2.40. The van der Waals surface area contributed by atoms with Crippen LogP contribution in [0.5, 0.6) is 0 Å². The molecule has 0 aromatic heterocycles. The molecule has 2 aliphatic rings. The SMILES string of the molecule is NCC(c1ccccc1C(F)(F)F)N1CC2CCC(C1)O2. The highest BCUT2D eigenvalue weighted by atomic mass is 19.4. The first-order chi connectivity index (χ1) is 9.99. The van der Waals surface area contributed by atoms with Crippen LogP contribution in [-0.4, -0.2) is 36.7 Å². The zero-order valence-corrected chi connectivity index (χ0v) is 11.6. The molecular weight excluding hydrogens is 281 g/mol. The van der Waals surface area contributed by atoms with Crippen LogP contribution in [0.1, 0.15) is 30.0 Å². The average Bonchev–Trinajstić information content (AvgIpc) is 2.78. The Hall–Kier alpha value is -1.11. The van der Waals surface area contributed by atoms with Crippen molar-refractivity contribution in [2.75, 3.05) is 19.6 Å². The topological polar surface area (TPSA) is 38.5 Å². The van der Waals surface area contributed by atoms with Crippen molar-refractivity contribution in [3.05, 3.63) is 35.4 Å². The van der Waals surface area contributed by atoms with E-state index in [0.29, 0.717) is 13.1 Å². The Labute approximate surface area is 121 Å². The lowest BCUT2D eigenvalue weighted by atomic mass is 9.98. The fraction of sp³-hybridized carbons (Fsp3) is 0.600. The van der Waals surface area contributed by atoms with Crippen molar-refractivity contribution >= 4 is 0 Å². The van der Waals surface area contributed by atoms with Crippen LogP contribution in [0.15, 0.2) is 24.3 Å². The predicted octanol–water partition coefficient (Wildman–Crippen LogP) is 2.57. The fourth-order valence-corrected chi connectivity index (χ4v) is 3.42. The van der Waals surface area contributed by atoms with Gasteiger partial charge in [-0.1, -0.05) is 18.2 Å². The van der Waals surface area contributed by atoms with Crippen LogP contribution in [0.3, 0.4) is 0 Å². The third-order valence-electron chi connectivity index (χ3n) is 4.36. The standard InChI is InChI=1S/C15H19F3N2O/c16-15(17,18)13-4-2-1-3-12(13)14(7-19)20-8-10-5-6-11(9-20)21-10/h1-4,10-11,14H,5-9,19H2. The van der Waals surface area contributed by atoms with E-state index in [9.17, 15) is 13.2 Å². The molecule has 1 aromatic carbocycles. The molecule has 6 heteroatoms. The summed E-state index contributed by atoms with van der Waals surface area (Å²) in [5, 5.41) is 0. The number of ether oxygens (including phenoxy) is 1. The zero-order valence-electron chi connectivity index (χ0n) is 11.6. The molecule has 0 radical (unpaired) electrons. The highest BCUT2D eigenvalue weighted by molar-refractivity contribution is 5.33. The van der Waals surface area contributed by atoms with Crippen molar-refractivity contribution in [2.24, 2.45) is 5.73 Å². The second kappa shape index (κ2) is 5.59. The van der Waals surface area contributed by atoms with E-state index in [1.807, 2.05) is 0 Å². The molecule has 3 nitrogen and oxygen atoms in total. The number of halogens is 3. The summed E-state index contributed by atoms with van der Waals surface area (Å²) in [4.78, 5) is 2.05. The molecule has 3 atom stereocenters. The van der Waals surface area contributed by atoms with Crippen LogP contribution in [-0.2, 0) is 10.9 Å². The Morgan fingerprint density at radius 1 is 1.19 bits per heavy atom. The molecule has 0 aliphatic carbocycles. The second-order valence-corrected chi connectivity index (χ2v) is 5.75. The van der Waals surface area contributed by atoms with Gasteiger partial charge in [-0.05, 0) is 24.5 Å². The van der Waals surface area contributed by atoms with Gasteiger partial charge >= 0.3 is 6.18 Å². The third kappa shape index (κ3) is 2.93. The normalized spacial score (nSPS) is 27.8. The van der Waals surface area contributed by atoms with Gasteiger partial charge in [0.1, 0.15) is 0 Å². The largest absolute Gasteiger partial charge is 0.416 e. The molecule has 0 saturated carbocycles. The van der Waals surface area contributed by atoms with Crippen LogP contribution in [0.2, 0.25) is 0 Å². The molecule has 21 heavy (non-hydrogen) atoms. The maximum Gasteiger partial charge on any atom is 0.416 e. The van der Waals surface area contributed by atoms with Crippen LogP contribution < -0.4 is 5.73 Å². The number of nitrogens with two attached hydrogens (primary N) is 1. The molecule has 2 fully saturated rings. The second-order valence-electron chi connectivity index (χ2n) is 5.75. The lowest BCUT2D eigenvalue weighted by Crippen LogP contribution is -2.46. The Kier molecular flexibility index (Phi) is 3.94. The first kappa shape index (κ1) is 14.8. The molecule has 2 N–H and O–H groups in total. The zero-order chi connectivity index (χ0) is 15.0. The van der Waals surface area contributed by atoms with Crippen LogP contribution in [0.25, 0.3) is 0 Å². The van der Waals surface area contributed by atoms with E-state index in [1.54, 1.807) is 6.07 Å². The predicted molar refractivity (Wildman–Crippen MR) is 72.7 cm³/mol. The Morgan fingerprint density at radius 3 is 2.38 bits per heavy atom. The number of alkyl halides is 3. The van der Waals surface area contributed by atoms with Crippen LogP contribution in [0.4, 0.5) is 13.2 Å². The van der Waals surface area contributed by atoms with E-state index in [2.05, 4.69) is 4.90 Å². The minimum Gasteiger partial charge on any atom is -0.372 e. The van der Waals surface area contributed by atoms with E-state index in [1.165, 1.54) is 12.1 Å². The molecule has 1 aromatic rings. The first-order valence-corrected chi connectivity index (χ1v) is 7.24. The Bertz CT molecular complexity index is 494. The average molecular weight is 300 g/mol. The van der Waals surface area contributed by atoms with Gasteiger partial charge in [-0.3, -0.25) is 4.90 Å². The van der Waals surface area contributed by atoms with Crippen molar-refractivity contribution in [1.82, 2.24) is 4.90 Å². The molecule has 2 bridgehead atoms. The van der Waals surface area contributed by atoms with Crippen LogP contribution in [0, 0.1) is 0 Å². The van der Waals surface area contributed by atoms with E-state index in [-0.39, 0.29) is 24.3 Å². The number of likely N-dealkylation sites (tertiary alicyclic amines) is 1. The van der Waals surface area contributed by atoms with Crippen molar-refractivity contribution < 1.29 is 17.9 Å². The van der Waals surface area contributed by atoms with Gasteiger partial charge in [0.15, 0.2) is 0 Å². The fourth-order valence-electron chi connectivity index (χ4n) is 3.42. The minimum atomic E-state index is -4.35. The first-order valence-electron chi connectivity index (χ1n) is 7.24. The lowest BCUT2D eigenvalue weighted by molar-refractivity contribution is -0.139. The lowest BCUT2D eigenvalue weighted by Gasteiger charge is -2.38. The highest BCUT2D eigenvalue weighted by Crippen LogP contribution is 2.38. The summed E-state index contributed by atoms with van der Waals surface area (Å²) >= 11 is 0. The number of hydrogen-bond donors (Lipinski definition) is 1. The van der Waals surface area contributed by atoms with E-state index >= 15 is 0 Å². The molecular formula is C15H19F3N2O. The van der Waals surface area contributed by atoms with Gasteiger partial charge in [0, 0.05) is 25.7 Å². The Morgan fingerprint density at radius 2 is 1.81 bits per heavy atom. The number of fused-ring (bicyclic) bond motifs is 2. The summed E-state index contributed by atoms with van der Waals surface area (Å²) in [6.45, 7) is 1.49. The summed E-state index contributed by atoms with van der Waals surface area (Å²) in [5.74, 6) is 0. The maximum absolute atomic E-state index is 13.2. The van der Waals surface area contributed by atoms with Crippen LogP contribution >= 0.6 is 0 Å². The van der Waals surface area contributed by atoms with Gasteiger partial charge in [0.2, 0.25) is 0 Å². The van der Waals surface area contributed by atoms with Crippen molar-refractivity contribution in [3.63, 3.8) is 0 Å². The Balaban J connectivity index is 1.90. The number of hydrogen-bond acceptors (Lipinski definition) is 3. The van der Waals surface area contributed by atoms with Crippen molar-refractivity contribution in [2.45, 2.75) is 37.3 Å². The molecule has 2 saturated heterocycles. The molecule has 0 amide bonds. The molecule has 0 spiro atoms. The van der Waals surface area contributed by atoms with Gasteiger partial charge in [0.25, 0.3) is 0 Å². The molecule has 116 valence electrons. The summed E-state index contributed by atoms with van der Waals surface area (Å²) in [6, 6.07) is 5.32. The van der Waals surface area contributed by atoms with Crippen molar-refractivity contribution in [1.29, 1.82) is 0 Å². The number of nitrogens with zero attached hydrogens (tertiary/aromatic N) is 1. The molecule has 2 aliphatic heterocycles. The summed E-state index contributed by atoms with van der Waals surface area (Å²) in [7, 11) is 0. The van der Waals surface area contributed by atoms with Gasteiger partial charge in [-0.2, -0.15) is 13.2 Å². The van der Waals surface area contributed by atoms with Gasteiger partial charge in [-0.15, -0.1) is 0 Å². The van der Waals surface area contributed by atoms with Gasteiger partial charge in [0.05, 0.1) is 17.8 Å². The molecule has 3 unspecified atom stereocenters. The quantitative estimate of drug-likeness (QED) is 0.932. The van der Waals surface area contributed by atoms with Gasteiger partial charge < -0.3 is 10.5 Å². The number of morpholine rings is 1. The monoisotopic (exact) mass is 300 g/mol. The molecule has 2 heterocycles. The summed E-state index contributed by atoms with van der Waals surface area (Å²) < 4.78 is 45.3. The van der Waals surface area contributed by atoms with E-state index in [4.69, 9.17) is 10.5 Å². The summed E-state index contributed by atoms with van der Waals surface area (Å²) in [6.07, 6.45) is -2.11. The number of rotatable bonds is 3. The van der Waals surface area contributed by atoms with Crippen molar-refractivity contribution in [3.8, 4) is 0 Å².